The number of aryl methyl sites for hydroxylation is 1. The normalized spacial score (nSPS) is 18.5. The summed E-state index contributed by atoms with van der Waals surface area (Å²) in [4.78, 5) is 27.5. The third-order valence-electron chi connectivity index (χ3n) is 4.81. The molecule has 2 aromatic rings. The summed E-state index contributed by atoms with van der Waals surface area (Å²) in [5, 5.41) is 3.15. The van der Waals surface area contributed by atoms with E-state index < -0.39 is 6.04 Å². The second kappa shape index (κ2) is 10.0. The zero-order valence-electron chi connectivity index (χ0n) is 16.6. The molecular weight excluding hydrogens is 408 g/mol. The van der Waals surface area contributed by atoms with Crippen LogP contribution in [0.15, 0.2) is 48.5 Å². The fourth-order valence-corrected chi connectivity index (χ4v) is 4.91. The second-order valence-electron chi connectivity index (χ2n) is 6.90. The first-order chi connectivity index (χ1) is 14.0. The minimum Gasteiger partial charge on any atom is -0.464 e. The van der Waals surface area contributed by atoms with Gasteiger partial charge in [0.2, 0.25) is 0 Å². The molecule has 1 aliphatic rings. The molecule has 0 aliphatic carbocycles. The van der Waals surface area contributed by atoms with E-state index in [2.05, 4.69) is 5.32 Å². The number of nitrogens with zero attached hydrogens (tertiary/aromatic N) is 1. The van der Waals surface area contributed by atoms with Crippen LogP contribution < -0.4 is 5.32 Å². The van der Waals surface area contributed by atoms with Crippen molar-refractivity contribution in [3.05, 3.63) is 64.7 Å². The second-order valence-corrected chi connectivity index (χ2v) is 8.42. The number of ether oxygens (including phenoxy) is 1. The minimum absolute atomic E-state index is 0.341. The predicted molar refractivity (Wildman–Crippen MR) is 118 cm³/mol. The third-order valence-corrected chi connectivity index (χ3v) is 6.46. The molecule has 1 fully saturated rings. The van der Waals surface area contributed by atoms with Gasteiger partial charge in [-0.2, -0.15) is 0 Å². The number of amides is 2. The van der Waals surface area contributed by atoms with Gasteiger partial charge in [-0.25, -0.2) is 9.59 Å². The number of unbranched alkanes of at least 4 members (excludes halogenated alkanes) is 1. The lowest BCUT2D eigenvalue weighted by molar-refractivity contribution is -0.148. The molecule has 0 radical (unpaired) electrons. The summed E-state index contributed by atoms with van der Waals surface area (Å²) in [6.45, 7) is 4.32. The van der Waals surface area contributed by atoms with E-state index in [0.29, 0.717) is 23.1 Å². The van der Waals surface area contributed by atoms with Crippen molar-refractivity contribution in [1.29, 1.82) is 0 Å². The topological polar surface area (TPSA) is 58.6 Å². The van der Waals surface area contributed by atoms with Crippen molar-refractivity contribution in [2.24, 2.45) is 0 Å². The van der Waals surface area contributed by atoms with E-state index in [4.69, 9.17) is 16.3 Å². The maximum absolute atomic E-state index is 13.3. The molecule has 1 heterocycles. The molecule has 0 spiro atoms. The number of nitrogens with one attached hydrogen (secondary N) is 1. The zero-order chi connectivity index (χ0) is 20.8. The molecule has 0 bridgehead atoms. The van der Waals surface area contributed by atoms with Gasteiger partial charge in [-0.3, -0.25) is 4.90 Å². The Morgan fingerprint density at radius 2 is 1.93 bits per heavy atom. The van der Waals surface area contributed by atoms with Crippen molar-refractivity contribution in [2.45, 2.75) is 38.1 Å². The summed E-state index contributed by atoms with van der Waals surface area (Å²) in [5.41, 5.74) is 2.47. The van der Waals surface area contributed by atoms with E-state index >= 15 is 0 Å². The highest BCUT2D eigenvalue weighted by Gasteiger charge is 2.44. The van der Waals surface area contributed by atoms with Crippen molar-refractivity contribution in [3.8, 4) is 0 Å². The molecule has 3 rings (SSSR count). The summed E-state index contributed by atoms with van der Waals surface area (Å²) in [5.74, 6) is 0.0858. The Morgan fingerprint density at radius 3 is 2.66 bits per heavy atom. The summed E-state index contributed by atoms with van der Waals surface area (Å²) < 4.78 is 5.43. The number of urea groups is 1. The summed E-state index contributed by atoms with van der Waals surface area (Å²) in [6, 6.07) is 14.0. The maximum Gasteiger partial charge on any atom is 0.329 e. The number of benzene rings is 2. The fraction of sp³-hybridized carbons (Fsp3) is 0.364. The van der Waals surface area contributed by atoms with Crippen molar-refractivity contribution in [2.75, 3.05) is 17.7 Å². The van der Waals surface area contributed by atoms with Gasteiger partial charge in [-0.05, 0) is 31.0 Å². The van der Waals surface area contributed by atoms with Crippen LogP contribution in [-0.2, 0) is 9.53 Å². The van der Waals surface area contributed by atoms with Crippen LogP contribution in [0.4, 0.5) is 10.5 Å². The van der Waals surface area contributed by atoms with E-state index in [1.807, 2.05) is 56.3 Å². The standard InChI is InChI=1S/C22H25ClN2O3S/c1-3-4-13-28-21(26)19-14-29-20(16-10-6-7-11-17(16)23)25(19)22(27)24-18-12-8-5-9-15(18)2/h5-12,19-20H,3-4,13-14H2,1-2H3,(H,24,27). The number of carbonyl (C=O) groups is 2. The number of thioether (sulfide) groups is 1. The highest BCUT2D eigenvalue weighted by Crippen LogP contribution is 2.44. The Morgan fingerprint density at radius 1 is 1.21 bits per heavy atom. The number of hydrogen-bond donors (Lipinski definition) is 1. The molecule has 5 nitrogen and oxygen atoms in total. The molecule has 2 aromatic carbocycles. The molecule has 1 N–H and O–H groups in total. The van der Waals surface area contributed by atoms with Gasteiger partial charge in [0.25, 0.3) is 0 Å². The average molecular weight is 433 g/mol. The monoisotopic (exact) mass is 432 g/mol. The van der Waals surface area contributed by atoms with Gasteiger partial charge in [-0.15, -0.1) is 11.8 Å². The van der Waals surface area contributed by atoms with Crippen molar-refractivity contribution in [3.63, 3.8) is 0 Å². The molecule has 2 unspecified atom stereocenters. The third kappa shape index (κ3) is 5.06. The quantitative estimate of drug-likeness (QED) is 0.474. The maximum atomic E-state index is 13.3. The van der Waals surface area contributed by atoms with Gasteiger partial charge in [0.15, 0.2) is 0 Å². The fourth-order valence-electron chi connectivity index (χ4n) is 3.16. The molecule has 1 aliphatic heterocycles. The van der Waals surface area contributed by atoms with Crippen LogP contribution in [-0.4, -0.2) is 35.3 Å². The first kappa shape index (κ1) is 21.5. The van der Waals surface area contributed by atoms with Crippen LogP contribution in [0.2, 0.25) is 5.02 Å². The van der Waals surface area contributed by atoms with E-state index in [-0.39, 0.29) is 17.4 Å². The Bertz CT molecular complexity index is 877. The van der Waals surface area contributed by atoms with Gasteiger partial charge >= 0.3 is 12.0 Å². The molecule has 7 heteroatoms. The molecule has 2 amide bonds. The van der Waals surface area contributed by atoms with Crippen LogP contribution in [0.1, 0.15) is 36.3 Å². The number of para-hydroxylation sites is 1. The van der Waals surface area contributed by atoms with Crippen molar-refractivity contribution in [1.82, 2.24) is 4.90 Å². The van der Waals surface area contributed by atoms with Crippen molar-refractivity contribution >= 4 is 41.1 Å². The number of carbonyl (C=O) groups excluding carboxylic acids is 2. The van der Waals surface area contributed by atoms with E-state index in [1.54, 1.807) is 11.0 Å². The van der Waals surface area contributed by atoms with Gasteiger partial charge in [0, 0.05) is 22.0 Å². The SMILES string of the molecule is CCCCOC(=O)C1CSC(c2ccccc2Cl)N1C(=O)Nc1ccccc1C. The van der Waals surface area contributed by atoms with Gasteiger partial charge in [-0.1, -0.05) is 61.3 Å². The Kier molecular flexibility index (Phi) is 7.45. The largest absolute Gasteiger partial charge is 0.464 e. The van der Waals surface area contributed by atoms with Crippen LogP contribution in [0, 0.1) is 6.92 Å². The summed E-state index contributed by atoms with van der Waals surface area (Å²) in [6.07, 6.45) is 1.74. The number of hydrogen-bond acceptors (Lipinski definition) is 4. The first-order valence-electron chi connectivity index (χ1n) is 9.70. The lowest BCUT2D eigenvalue weighted by atomic mass is 10.1. The minimum atomic E-state index is -0.665. The molecule has 154 valence electrons. The Balaban J connectivity index is 1.87. The Hall–Kier alpha value is -2.18. The smallest absolute Gasteiger partial charge is 0.329 e. The zero-order valence-corrected chi connectivity index (χ0v) is 18.1. The van der Waals surface area contributed by atoms with Crippen LogP contribution in [0.25, 0.3) is 0 Å². The average Bonchev–Trinajstić information content (AvgIpc) is 3.15. The number of rotatable bonds is 6. The number of anilines is 1. The molecule has 0 aromatic heterocycles. The molecule has 1 saturated heterocycles. The van der Waals surface area contributed by atoms with E-state index in [0.717, 1.165) is 24.0 Å². The summed E-state index contributed by atoms with van der Waals surface area (Å²) >= 11 is 7.92. The van der Waals surface area contributed by atoms with E-state index in [1.165, 1.54) is 11.8 Å². The first-order valence-corrected chi connectivity index (χ1v) is 11.1. The van der Waals surface area contributed by atoms with E-state index in [9.17, 15) is 9.59 Å². The molecule has 0 saturated carbocycles. The van der Waals surface area contributed by atoms with Crippen molar-refractivity contribution < 1.29 is 14.3 Å². The van der Waals surface area contributed by atoms with Crippen LogP contribution >= 0.6 is 23.4 Å². The van der Waals surface area contributed by atoms with Crippen LogP contribution in [0.3, 0.4) is 0 Å². The lowest BCUT2D eigenvalue weighted by Gasteiger charge is -2.29. The van der Waals surface area contributed by atoms with Gasteiger partial charge in [0.1, 0.15) is 11.4 Å². The van der Waals surface area contributed by atoms with Crippen LogP contribution in [0.5, 0.6) is 0 Å². The number of halogens is 1. The lowest BCUT2D eigenvalue weighted by Crippen LogP contribution is -2.46. The summed E-state index contributed by atoms with van der Waals surface area (Å²) in [7, 11) is 0. The molecular formula is C22H25ClN2O3S. The molecule has 2 atom stereocenters. The van der Waals surface area contributed by atoms with Gasteiger partial charge in [0.05, 0.1) is 6.61 Å². The molecule has 29 heavy (non-hydrogen) atoms. The highest BCUT2D eigenvalue weighted by atomic mass is 35.5. The van der Waals surface area contributed by atoms with Gasteiger partial charge < -0.3 is 10.1 Å². The highest BCUT2D eigenvalue weighted by molar-refractivity contribution is 7.99. The Labute approximate surface area is 180 Å². The predicted octanol–water partition coefficient (Wildman–Crippen LogP) is 5.64. The number of esters is 1.